The van der Waals surface area contributed by atoms with E-state index >= 15 is 0 Å². The summed E-state index contributed by atoms with van der Waals surface area (Å²) >= 11 is 13.9. The number of nitrogens with two attached hydrogens (primary N) is 1. The maximum atomic E-state index is 13.9. The SMILES string of the molecule is NC(=S)c1ccc(Nc2ccc(Br)cc2Cl)c(F)c1F. The highest BCUT2D eigenvalue weighted by Crippen LogP contribution is 2.30. The fourth-order valence-corrected chi connectivity index (χ4v) is 2.45. The van der Waals surface area contributed by atoms with Crippen molar-refractivity contribution in [3.05, 3.63) is 57.0 Å². The Morgan fingerprint density at radius 3 is 2.40 bits per heavy atom. The minimum Gasteiger partial charge on any atom is -0.389 e. The van der Waals surface area contributed by atoms with Crippen LogP contribution in [0.1, 0.15) is 5.56 Å². The number of thiocarbonyl (C=S) groups is 1. The molecule has 0 radical (unpaired) electrons. The van der Waals surface area contributed by atoms with Crippen LogP contribution in [0, 0.1) is 11.6 Å². The minimum absolute atomic E-state index is 0.0493. The number of rotatable bonds is 3. The van der Waals surface area contributed by atoms with Crippen LogP contribution >= 0.6 is 39.7 Å². The first-order chi connectivity index (χ1) is 9.40. The van der Waals surface area contributed by atoms with E-state index in [1.165, 1.54) is 12.1 Å². The molecule has 0 amide bonds. The van der Waals surface area contributed by atoms with Gasteiger partial charge in [-0.2, -0.15) is 0 Å². The van der Waals surface area contributed by atoms with E-state index in [4.69, 9.17) is 17.3 Å². The summed E-state index contributed by atoms with van der Waals surface area (Å²) in [7, 11) is 0. The average Bonchev–Trinajstić information content (AvgIpc) is 2.37. The van der Waals surface area contributed by atoms with Crippen LogP contribution in [0.2, 0.25) is 5.02 Å². The smallest absolute Gasteiger partial charge is 0.182 e. The molecule has 2 rings (SSSR count). The summed E-state index contributed by atoms with van der Waals surface area (Å²) in [6.07, 6.45) is 0. The van der Waals surface area contributed by atoms with Crippen molar-refractivity contribution in [1.29, 1.82) is 0 Å². The highest BCUT2D eigenvalue weighted by Gasteiger charge is 2.15. The van der Waals surface area contributed by atoms with E-state index in [1.54, 1.807) is 18.2 Å². The van der Waals surface area contributed by atoms with Crippen molar-refractivity contribution in [3.63, 3.8) is 0 Å². The van der Waals surface area contributed by atoms with E-state index in [0.29, 0.717) is 10.7 Å². The van der Waals surface area contributed by atoms with Crippen molar-refractivity contribution in [2.45, 2.75) is 0 Å². The molecule has 0 atom stereocenters. The first-order valence-corrected chi connectivity index (χ1v) is 6.98. The van der Waals surface area contributed by atoms with E-state index in [9.17, 15) is 8.78 Å². The summed E-state index contributed by atoms with van der Waals surface area (Å²) in [5, 5.41) is 3.10. The first-order valence-electron chi connectivity index (χ1n) is 5.40. The Hall–Kier alpha value is -1.24. The molecule has 0 spiro atoms. The van der Waals surface area contributed by atoms with E-state index in [1.807, 2.05) is 0 Å². The zero-order chi connectivity index (χ0) is 14.9. The summed E-state index contributed by atoms with van der Waals surface area (Å²) in [6, 6.07) is 7.68. The van der Waals surface area contributed by atoms with Gasteiger partial charge in [-0.1, -0.05) is 39.7 Å². The van der Waals surface area contributed by atoms with Gasteiger partial charge in [-0.05, 0) is 30.3 Å². The minimum atomic E-state index is -1.09. The number of hydrogen-bond acceptors (Lipinski definition) is 2. The van der Waals surface area contributed by atoms with Crippen LogP contribution in [0.15, 0.2) is 34.8 Å². The van der Waals surface area contributed by atoms with Gasteiger partial charge in [-0.15, -0.1) is 0 Å². The highest BCUT2D eigenvalue weighted by atomic mass is 79.9. The summed E-state index contributed by atoms with van der Waals surface area (Å²) in [5.74, 6) is -2.15. The van der Waals surface area contributed by atoms with E-state index < -0.39 is 11.6 Å². The Morgan fingerprint density at radius 1 is 1.15 bits per heavy atom. The molecule has 2 aromatic rings. The molecule has 2 aromatic carbocycles. The molecule has 0 saturated heterocycles. The van der Waals surface area contributed by atoms with Crippen LogP contribution in [0.25, 0.3) is 0 Å². The van der Waals surface area contributed by atoms with Crippen LogP contribution in [-0.2, 0) is 0 Å². The van der Waals surface area contributed by atoms with Crippen LogP contribution < -0.4 is 11.1 Å². The molecule has 0 aliphatic rings. The second-order valence-corrected chi connectivity index (χ2v) is 5.66. The molecule has 0 saturated carbocycles. The third-order valence-electron chi connectivity index (χ3n) is 2.55. The molecule has 2 nitrogen and oxygen atoms in total. The van der Waals surface area contributed by atoms with Gasteiger partial charge in [0.2, 0.25) is 0 Å². The van der Waals surface area contributed by atoms with Gasteiger partial charge in [-0.25, -0.2) is 8.78 Å². The lowest BCUT2D eigenvalue weighted by molar-refractivity contribution is 0.510. The molecule has 0 aromatic heterocycles. The molecular weight excluding hydrogens is 370 g/mol. The largest absolute Gasteiger partial charge is 0.389 e. The third kappa shape index (κ3) is 3.08. The second-order valence-electron chi connectivity index (χ2n) is 3.90. The molecule has 0 heterocycles. The summed E-state index contributed by atoms with van der Waals surface area (Å²) in [4.78, 5) is -0.199. The van der Waals surface area contributed by atoms with Crippen molar-refractivity contribution in [2.75, 3.05) is 5.32 Å². The quantitative estimate of drug-likeness (QED) is 0.758. The zero-order valence-corrected chi connectivity index (χ0v) is 13.0. The van der Waals surface area contributed by atoms with Crippen molar-refractivity contribution < 1.29 is 8.78 Å². The van der Waals surface area contributed by atoms with Gasteiger partial charge in [0.25, 0.3) is 0 Å². The lowest BCUT2D eigenvalue weighted by Gasteiger charge is -2.11. The second kappa shape index (κ2) is 6.03. The summed E-state index contributed by atoms with van der Waals surface area (Å²) in [6.45, 7) is 0. The van der Waals surface area contributed by atoms with Gasteiger partial charge in [0.05, 0.1) is 16.4 Å². The number of benzene rings is 2. The monoisotopic (exact) mass is 376 g/mol. The molecule has 0 unspecified atom stereocenters. The Morgan fingerprint density at radius 2 is 1.80 bits per heavy atom. The maximum Gasteiger partial charge on any atom is 0.182 e. The molecule has 0 aliphatic carbocycles. The van der Waals surface area contributed by atoms with Crippen molar-refractivity contribution in [2.24, 2.45) is 5.73 Å². The van der Waals surface area contributed by atoms with Gasteiger partial charge >= 0.3 is 0 Å². The van der Waals surface area contributed by atoms with Crippen LogP contribution in [0.4, 0.5) is 20.2 Å². The predicted molar refractivity (Wildman–Crippen MR) is 84.7 cm³/mol. The van der Waals surface area contributed by atoms with Gasteiger partial charge in [0.1, 0.15) is 4.99 Å². The fourth-order valence-electron chi connectivity index (χ4n) is 1.57. The number of hydrogen-bond donors (Lipinski definition) is 2. The lowest BCUT2D eigenvalue weighted by atomic mass is 10.1. The lowest BCUT2D eigenvalue weighted by Crippen LogP contribution is -2.13. The zero-order valence-electron chi connectivity index (χ0n) is 9.88. The Labute approximate surface area is 133 Å². The molecule has 0 bridgehead atoms. The van der Waals surface area contributed by atoms with E-state index in [-0.39, 0.29) is 16.2 Å². The van der Waals surface area contributed by atoms with Gasteiger partial charge in [0, 0.05) is 10.0 Å². The van der Waals surface area contributed by atoms with Crippen LogP contribution in [0.5, 0.6) is 0 Å². The number of nitrogens with one attached hydrogen (secondary N) is 1. The van der Waals surface area contributed by atoms with Crippen molar-refractivity contribution >= 4 is 56.1 Å². The Balaban J connectivity index is 2.39. The molecule has 0 aliphatic heterocycles. The number of halogens is 4. The van der Waals surface area contributed by atoms with E-state index in [2.05, 4.69) is 33.5 Å². The summed E-state index contributed by atoms with van der Waals surface area (Å²) in [5.41, 5.74) is 5.58. The summed E-state index contributed by atoms with van der Waals surface area (Å²) < 4.78 is 28.5. The van der Waals surface area contributed by atoms with Gasteiger partial charge < -0.3 is 11.1 Å². The van der Waals surface area contributed by atoms with Crippen molar-refractivity contribution in [1.82, 2.24) is 0 Å². The molecule has 7 heteroatoms. The Kier molecular flexibility index (Phi) is 4.57. The molecule has 3 N–H and O–H groups in total. The molecular formula is C13H8BrClF2N2S. The van der Waals surface area contributed by atoms with Gasteiger partial charge in [0.15, 0.2) is 11.6 Å². The first kappa shape index (κ1) is 15.2. The molecule has 104 valence electrons. The topological polar surface area (TPSA) is 38.0 Å². The van der Waals surface area contributed by atoms with Crippen molar-refractivity contribution in [3.8, 4) is 0 Å². The maximum absolute atomic E-state index is 13.9. The van der Waals surface area contributed by atoms with Gasteiger partial charge in [-0.3, -0.25) is 0 Å². The van der Waals surface area contributed by atoms with Crippen LogP contribution in [-0.4, -0.2) is 4.99 Å². The Bertz CT molecular complexity index is 694. The normalized spacial score (nSPS) is 10.4. The fraction of sp³-hybridized carbons (Fsp3) is 0. The highest BCUT2D eigenvalue weighted by molar-refractivity contribution is 9.10. The average molecular weight is 378 g/mol. The third-order valence-corrected chi connectivity index (χ3v) is 3.57. The van der Waals surface area contributed by atoms with E-state index in [0.717, 1.165) is 4.47 Å². The molecule has 0 fully saturated rings. The van der Waals surface area contributed by atoms with Crippen LogP contribution in [0.3, 0.4) is 0 Å². The number of anilines is 2. The predicted octanol–water partition coefficient (Wildman–Crippen LogP) is 4.76. The molecule has 20 heavy (non-hydrogen) atoms. The standard InChI is InChI=1S/C13H8BrClF2N2S/c14-6-1-3-9(8(15)5-6)19-10-4-2-7(13(18)20)11(16)12(10)17/h1-5,19H,(H2,18,20).